The highest BCUT2D eigenvalue weighted by Crippen LogP contribution is 2.32. The van der Waals surface area contributed by atoms with Crippen LogP contribution in [0, 0.1) is 5.92 Å². The molecule has 0 aliphatic carbocycles. The molecule has 0 spiro atoms. The molecule has 1 atom stereocenters. The molecule has 0 fully saturated rings. The lowest BCUT2D eigenvalue weighted by Gasteiger charge is -2.21. The summed E-state index contributed by atoms with van der Waals surface area (Å²) in [6, 6.07) is 12.6. The number of carbonyl (C=O) groups is 2. The van der Waals surface area contributed by atoms with Crippen molar-refractivity contribution in [3.05, 3.63) is 75.1 Å². The Morgan fingerprint density at radius 2 is 1.84 bits per heavy atom. The van der Waals surface area contributed by atoms with Gasteiger partial charge in [-0.2, -0.15) is 0 Å². The van der Waals surface area contributed by atoms with Gasteiger partial charge in [-0.05, 0) is 29.5 Å². The summed E-state index contributed by atoms with van der Waals surface area (Å²) in [5.41, 5.74) is 1.36. The molecule has 1 N–H and O–H groups in total. The number of aryl methyl sites for hydroxylation is 1. The van der Waals surface area contributed by atoms with Gasteiger partial charge in [0.25, 0.3) is 0 Å². The third kappa shape index (κ3) is 5.68. The van der Waals surface area contributed by atoms with Crippen LogP contribution in [0.1, 0.15) is 31.9 Å². The van der Waals surface area contributed by atoms with Gasteiger partial charge < -0.3 is 19.2 Å². The number of amides is 1. The molecule has 1 heterocycles. The number of alkyl carbamates (subject to hydrolysis) is 1. The van der Waals surface area contributed by atoms with E-state index in [9.17, 15) is 14.4 Å². The van der Waals surface area contributed by atoms with Crippen LogP contribution in [0.25, 0.3) is 11.0 Å². The maximum absolute atomic E-state index is 12.8. The molecule has 8 heteroatoms. The highest BCUT2D eigenvalue weighted by atomic mass is 35.5. The van der Waals surface area contributed by atoms with Gasteiger partial charge in [0, 0.05) is 17.5 Å². The average Bonchev–Trinajstić information content (AvgIpc) is 2.76. The number of carbonyl (C=O) groups excluding carboxylic acids is 2. The van der Waals surface area contributed by atoms with Gasteiger partial charge in [0.05, 0.1) is 5.02 Å². The number of hydrogen-bond donors (Lipinski definition) is 1. The first-order chi connectivity index (χ1) is 15.3. The molecule has 0 bridgehead atoms. The lowest BCUT2D eigenvalue weighted by Crippen LogP contribution is -2.46. The minimum absolute atomic E-state index is 0.0330. The summed E-state index contributed by atoms with van der Waals surface area (Å²) in [7, 11) is 0. The Labute approximate surface area is 190 Å². The Bertz CT molecular complexity index is 1170. The minimum atomic E-state index is -0.973. The predicted molar refractivity (Wildman–Crippen MR) is 121 cm³/mol. The van der Waals surface area contributed by atoms with Crippen molar-refractivity contribution >= 4 is 34.6 Å². The van der Waals surface area contributed by atoms with Crippen molar-refractivity contribution in [2.75, 3.05) is 0 Å². The molecule has 2 aromatic carbocycles. The zero-order valence-corrected chi connectivity index (χ0v) is 18.8. The maximum Gasteiger partial charge on any atom is 0.408 e. The summed E-state index contributed by atoms with van der Waals surface area (Å²) in [5, 5.41) is 3.39. The van der Waals surface area contributed by atoms with E-state index in [-0.39, 0.29) is 28.9 Å². The second-order valence-corrected chi connectivity index (χ2v) is 7.98. The summed E-state index contributed by atoms with van der Waals surface area (Å²) < 4.78 is 15.9. The number of benzene rings is 2. The molecule has 168 valence electrons. The Kier molecular flexibility index (Phi) is 7.53. The molecule has 1 aromatic heterocycles. The Balaban J connectivity index is 1.74. The lowest BCUT2D eigenvalue weighted by molar-refractivity contribution is -0.137. The van der Waals surface area contributed by atoms with Gasteiger partial charge in [0.15, 0.2) is 5.75 Å². The van der Waals surface area contributed by atoms with E-state index in [2.05, 4.69) is 5.32 Å². The fourth-order valence-electron chi connectivity index (χ4n) is 3.16. The van der Waals surface area contributed by atoms with E-state index < -0.39 is 23.7 Å². The highest BCUT2D eigenvalue weighted by Gasteiger charge is 2.28. The van der Waals surface area contributed by atoms with Crippen LogP contribution >= 0.6 is 11.6 Å². The zero-order valence-electron chi connectivity index (χ0n) is 18.0. The Morgan fingerprint density at radius 3 is 2.50 bits per heavy atom. The van der Waals surface area contributed by atoms with Gasteiger partial charge in [0.2, 0.25) is 0 Å². The molecular weight excluding hydrogens is 434 g/mol. The molecule has 0 aliphatic heterocycles. The first-order valence-electron chi connectivity index (χ1n) is 10.2. The molecule has 32 heavy (non-hydrogen) atoms. The van der Waals surface area contributed by atoms with Crippen molar-refractivity contribution in [2.45, 2.75) is 39.8 Å². The second kappa shape index (κ2) is 10.3. The number of ether oxygens (including phenoxy) is 2. The number of esters is 1. The van der Waals surface area contributed by atoms with Gasteiger partial charge in [-0.15, -0.1) is 0 Å². The van der Waals surface area contributed by atoms with Crippen LogP contribution < -0.4 is 15.7 Å². The normalized spacial score (nSPS) is 11.9. The van der Waals surface area contributed by atoms with Crippen molar-refractivity contribution in [1.82, 2.24) is 5.32 Å². The average molecular weight is 458 g/mol. The number of hydrogen-bond acceptors (Lipinski definition) is 6. The Hall–Kier alpha value is -3.32. The van der Waals surface area contributed by atoms with E-state index >= 15 is 0 Å². The van der Waals surface area contributed by atoms with Gasteiger partial charge in [-0.25, -0.2) is 14.4 Å². The molecule has 1 amide bonds. The smallest absolute Gasteiger partial charge is 0.408 e. The van der Waals surface area contributed by atoms with E-state index in [1.807, 2.05) is 37.3 Å². The van der Waals surface area contributed by atoms with Crippen molar-refractivity contribution in [2.24, 2.45) is 5.92 Å². The number of rotatable bonds is 7. The van der Waals surface area contributed by atoms with Gasteiger partial charge in [-0.3, -0.25) is 0 Å². The molecule has 0 aliphatic rings. The molecular formula is C24H24ClNO6. The number of halogens is 1. The summed E-state index contributed by atoms with van der Waals surface area (Å²) in [5.74, 6) is -0.965. The highest BCUT2D eigenvalue weighted by molar-refractivity contribution is 6.33. The van der Waals surface area contributed by atoms with Crippen LogP contribution in [-0.2, 0) is 22.6 Å². The van der Waals surface area contributed by atoms with Crippen molar-refractivity contribution in [3.63, 3.8) is 0 Å². The van der Waals surface area contributed by atoms with Gasteiger partial charge >= 0.3 is 17.7 Å². The number of fused-ring (bicyclic) bond motifs is 1. The first-order valence-corrected chi connectivity index (χ1v) is 10.6. The van der Waals surface area contributed by atoms with E-state index in [1.165, 1.54) is 12.1 Å². The Morgan fingerprint density at radius 1 is 1.12 bits per heavy atom. The van der Waals surface area contributed by atoms with Crippen molar-refractivity contribution in [3.8, 4) is 5.75 Å². The summed E-state index contributed by atoms with van der Waals surface area (Å²) in [6.07, 6.45) is -0.130. The maximum atomic E-state index is 12.8. The first kappa shape index (κ1) is 23.3. The van der Waals surface area contributed by atoms with E-state index in [1.54, 1.807) is 19.9 Å². The lowest BCUT2D eigenvalue weighted by atomic mass is 10.0. The molecule has 3 aromatic rings. The van der Waals surface area contributed by atoms with Crippen molar-refractivity contribution in [1.29, 1.82) is 0 Å². The van der Waals surface area contributed by atoms with Gasteiger partial charge in [-0.1, -0.05) is 62.7 Å². The van der Waals surface area contributed by atoms with E-state index in [0.29, 0.717) is 11.8 Å². The third-order valence-corrected chi connectivity index (χ3v) is 5.18. The number of nitrogens with one attached hydrogen (secondary N) is 1. The van der Waals surface area contributed by atoms with Crippen LogP contribution in [0.4, 0.5) is 4.79 Å². The molecule has 7 nitrogen and oxygen atoms in total. The quantitative estimate of drug-likeness (QED) is 0.309. The van der Waals surface area contributed by atoms with Crippen LogP contribution in [0.15, 0.2) is 57.7 Å². The second-order valence-electron chi connectivity index (χ2n) is 7.57. The van der Waals surface area contributed by atoms with Gasteiger partial charge in [0.1, 0.15) is 18.2 Å². The monoisotopic (exact) mass is 457 g/mol. The fraction of sp³-hybridized carbons (Fsp3) is 0.292. The predicted octanol–water partition coefficient (Wildman–Crippen LogP) is 4.87. The minimum Gasteiger partial charge on any atom is -0.445 e. The van der Waals surface area contributed by atoms with Crippen LogP contribution in [0.3, 0.4) is 0 Å². The molecule has 0 saturated carbocycles. The van der Waals surface area contributed by atoms with E-state index in [0.717, 1.165) is 11.1 Å². The van der Waals surface area contributed by atoms with Crippen molar-refractivity contribution < 1.29 is 23.5 Å². The zero-order chi connectivity index (χ0) is 23.3. The third-order valence-electron chi connectivity index (χ3n) is 4.88. The van der Waals surface area contributed by atoms with Crippen LogP contribution in [0.5, 0.6) is 5.75 Å². The SMILES string of the molecule is CCc1cc(=O)oc2cc(OC(=O)[C@H](NC(=O)OCc3ccccc3)C(C)C)c(Cl)cc12. The van der Waals surface area contributed by atoms with Crippen LogP contribution in [0.2, 0.25) is 5.02 Å². The molecule has 0 saturated heterocycles. The molecule has 3 rings (SSSR count). The van der Waals surface area contributed by atoms with E-state index in [4.69, 9.17) is 25.5 Å². The molecule has 0 radical (unpaired) electrons. The largest absolute Gasteiger partial charge is 0.445 e. The van der Waals surface area contributed by atoms with Crippen LogP contribution in [-0.4, -0.2) is 18.1 Å². The summed E-state index contributed by atoms with van der Waals surface area (Å²) in [6.45, 7) is 5.50. The molecule has 0 unspecified atom stereocenters. The standard InChI is InChI=1S/C24H24ClNO6/c1-4-16-10-21(27)31-19-12-20(18(25)11-17(16)19)32-23(28)22(14(2)3)26-24(29)30-13-15-8-6-5-7-9-15/h5-12,14,22H,4,13H2,1-3H3,(H,26,29)/t22-/m1/s1. The summed E-state index contributed by atoms with van der Waals surface area (Å²) in [4.78, 5) is 36.8. The topological polar surface area (TPSA) is 94.8 Å². The fourth-order valence-corrected chi connectivity index (χ4v) is 3.36. The summed E-state index contributed by atoms with van der Waals surface area (Å²) >= 11 is 6.31.